The molecule has 0 aliphatic carbocycles. The number of nitrogens with one attached hydrogen (secondary N) is 3. The van der Waals surface area contributed by atoms with Crippen molar-refractivity contribution in [2.24, 2.45) is 0 Å². The number of carbonyl (C=O) groups is 2. The Bertz CT molecular complexity index is 1280. The first-order valence-electron chi connectivity index (χ1n) is 9.97. The number of aromatic nitrogens is 1. The largest absolute Gasteiger partial charge is 0.361 e. The first kappa shape index (κ1) is 20.8. The Morgan fingerprint density at radius 1 is 0.938 bits per heavy atom. The van der Waals surface area contributed by atoms with E-state index in [1.807, 2.05) is 60.8 Å². The standard InChI is InChI=1S/C24H20N4O4/c29-23(24(30)27-17-9-6-10-18(13-17)28(31)32)26-14-20(16-7-2-1-3-8-16)21-15-25-22-12-5-4-11-19(21)22/h1-13,15,20,25H,14H2,(H,26,29)(H,27,30). The number of hydrogen-bond acceptors (Lipinski definition) is 4. The highest BCUT2D eigenvalue weighted by molar-refractivity contribution is 6.39. The van der Waals surface area contributed by atoms with E-state index >= 15 is 0 Å². The maximum atomic E-state index is 12.5. The number of anilines is 1. The summed E-state index contributed by atoms with van der Waals surface area (Å²) >= 11 is 0. The Morgan fingerprint density at radius 2 is 1.69 bits per heavy atom. The molecule has 1 atom stereocenters. The summed E-state index contributed by atoms with van der Waals surface area (Å²) in [4.78, 5) is 38.4. The molecule has 0 aliphatic heterocycles. The van der Waals surface area contributed by atoms with Gasteiger partial charge in [-0.1, -0.05) is 54.6 Å². The van der Waals surface area contributed by atoms with E-state index in [0.29, 0.717) is 0 Å². The summed E-state index contributed by atoms with van der Waals surface area (Å²) in [6.45, 7) is 0.201. The third-order valence-electron chi connectivity index (χ3n) is 5.19. The first-order valence-corrected chi connectivity index (χ1v) is 9.97. The van der Waals surface area contributed by atoms with Gasteiger partial charge in [-0.3, -0.25) is 19.7 Å². The molecule has 0 spiro atoms. The molecule has 0 aliphatic rings. The zero-order valence-corrected chi connectivity index (χ0v) is 16.9. The van der Waals surface area contributed by atoms with Crippen LogP contribution in [0.2, 0.25) is 0 Å². The highest BCUT2D eigenvalue weighted by atomic mass is 16.6. The smallest absolute Gasteiger partial charge is 0.313 e. The normalized spacial score (nSPS) is 11.6. The number of benzene rings is 3. The lowest BCUT2D eigenvalue weighted by Gasteiger charge is -2.18. The van der Waals surface area contributed by atoms with Crippen molar-refractivity contribution < 1.29 is 14.5 Å². The van der Waals surface area contributed by atoms with Gasteiger partial charge in [0, 0.05) is 47.4 Å². The van der Waals surface area contributed by atoms with Gasteiger partial charge < -0.3 is 15.6 Å². The van der Waals surface area contributed by atoms with Gasteiger partial charge in [0.15, 0.2) is 0 Å². The van der Waals surface area contributed by atoms with E-state index in [1.165, 1.54) is 24.3 Å². The van der Waals surface area contributed by atoms with Crippen LogP contribution in [0.4, 0.5) is 11.4 Å². The van der Waals surface area contributed by atoms with Crippen molar-refractivity contribution in [2.45, 2.75) is 5.92 Å². The zero-order valence-electron chi connectivity index (χ0n) is 16.9. The minimum Gasteiger partial charge on any atom is -0.361 e. The summed E-state index contributed by atoms with van der Waals surface area (Å²) in [5.74, 6) is -1.89. The van der Waals surface area contributed by atoms with Crippen molar-refractivity contribution in [3.63, 3.8) is 0 Å². The van der Waals surface area contributed by atoms with E-state index in [1.54, 1.807) is 0 Å². The van der Waals surface area contributed by atoms with Gasteiger partial charge in [0.1, 0.15) is 0 Å². The molecule has 32 heavy (non-hydrogen) atoms. The molecule has 0 fully saturated rings. The molecule has 8 heteroatoms. The van der Waals surface area contributed by atoms with Crippen molar-refractivity contribution in [3.8, 4) is 0 Å². The number of nitro groups is 1. The second-order valence-electron chi connectivity index (χ2n) is 7.22. The van der Waals surface area contributed by atoms with Crippen molar-refractivity contribution in [1.82, 2.24) is 10.3 Å². The molecular formula is C24H20N4O4. The Hall–Kier alpha value is -4.46. The molecule has 0 radical (unpaired) electrons. The van der Waals surface area contributed by atoms with E-state index < -0.39 is 16.7 Å². The second kappa shape index (κ2) is 9.13. The van der Waals surface area contributed by atoms with Crippen LogP contribution in [0.5, 0.6) is 0 Å². The van der Waals surface area contributed by atoms with Crippen LogP contribution in [0.3, 0.4) is 0 Å². The molecule has 4 aromatic rings. The number of non-ortho nitro benzene ring substituents is 1. The fraction of sp³-hybridized carbons (Fsp3) is 0.0833. The second-order valence-corrected chi connectivity index (χ2v) is 7.22. The van der Waals surface area contributed by atoms with Crippen LogP contribution in [0.25, 0.3) is 10.9 Å². The number of nitrogens with zero attached hydrogens (tertiary/aromatic N) is 1. The molecule has 0 bridgehead atoms. The van der Waals surface area contributed by atoms with E-state index in [9.17, 15) is 19.7 Å². The van der Waals surface area contributed by atoms with Gasteiger partial charge in [-0.05, 0) is 23.3 Å². The SMILES string of the molecule is O=C(NCC(c1ccccc1)c1c[nH]c2ccccc12)C(=O)Nc1cccc([N+](=O)[O-])c1. The molecule has 0 saturated carbocycles. The van der Waals surface area contributed by atoms with Crippen LogP contribution in [-0.4, -0.2) is 28.3 Å². The third-order valence-corrected chi connectivity index (χ3v) is 5.19. The van der Waals surface area contributed by atoms with Gasteiger partial charge in [-0.25, -0.2) is 0 Å². The molecule has 2 amide bonds. The number of hydrogen-bond donors (Lipinski definition) is 3. The molecule has 4 rings (SSSR count). The molecule has 1 heterocycles. The van der Waals surface area contributed by atoms with Gasteiger partial charge in [0.25, 0.3) is 5.69 Å². The summed E-state index contributed by atoms with van der Waals surface area (Å²) in [5.41, 5.74) is 2.99. The van der Waals surface area contributed by atoms with E-state index in [0.717, 1.165) is 22.0 Å². The fourth-order valence-corrected chi connectivity index (χ4v) is 3.64. The Balaban J connectivity index is 1.51. The molecule has 0 saturated heterocycles. The van der Waals surface area contributed by atoms with E-state index in [2.05, 4.69) is 15.6 Å². The van der Waals surface area contributed by atoms with Crippen LogP contribution in [-0.2, 0) is 9.59 Å². The summed E-state index contributed by atoms with van der Waals surface area (Å²) in [5, 5.41) is 17.0. The van der Waals surface area contributed by atoms with Crippen LogP contribution in [0.1, 0.15) is 17.0 Å². The number of H-pyrrole nitrogens is 1. The minimum absolute atomic E-state index is 0.174. The van der Waals surface area contributed by atoms with Gasteiger partial charge in [0.2, 0.25) is 0 Å². The number of aromatic amines is 1. The first-order chi connectivity index (χ1) is 15.5. The lowest BCUT2D eigenvalue weighted by Crippen LogP contribution is -2.37. The minimum atomic E-state index is -0.892. The topological polar surface area (TPSA) is 117 Å². The highest BCUT2D eigenvalue weighted by Crippen LogP contribution is 2.30. The van der Waals surface area contributed by atoms with Crippen molar-refractivity contribution in [2.75, 3.05) is 11.9 Å². The third kappa shape index (κ3) is 4.49. The highest BCUT2D eigenvalue weighted by Gasteiger charge is 2.21. The van der Waals surface area contributed by atoms with Gasteiger partial charge >= 0.3 is 11.8 Å². The van der Waals surface area contributed by atoms with Gasteiger partial charge in [0.05, 0.1) is 4.92 Å². The monoisotopic (exact) mass is 428 g/mol. The average Bonchev–Trinajstić information content (AvgIpc) is 3.24. The van der Waals surface area contributed by atoms with Crippen molar-refractivity contribution in [3.05, 3.63) is 106 Å². The number of carbonyl (C=O) groups excluding carboxylic acids is 2. The molecule has 1 unspecified atom stereocenters. The van der Waals surface area contributed by atoms with Gasteiger partial charge in [-0.2, -0.15) is 0 Å². The number of rotatable bonds is 6. The predicted molar refractivity (Wildman–Crippen MR) is 121 cm³/mol. The number of para-hydroxylation sites is 1. The van der Waals surface area contributed by atoms with E-state index in [-0.39, 0.29) is 23.8 Å². The number of amides is 2. The number of nitro benzene ring substituents is 1. The zero-order chi connectivity index (χ0) is 22.5. The quantitative estimate of drug-likeness (QED) is 0.245. The maximum Gasteiger partial charge on any atom is 0.313 e. The summed E-state index contributed by atoms with van der Waals surface area (Å²) in [7, 11) is 0. The Labute approximate surface area is 183 Å². The fourth-order valence-electron chi connectivity index (χ4n) is 3.64. The molecule has 1 aromatic heterocycles. The van der Waals surface area contributed by atoms with Crippen LogP contribution in [0.15, 0.2) is 85.1 Å². The maximum absolute atomic E-state index is 12.5. The van der Waals surface area contributed by atoms with Crippen LogP contribution in [0, 0.1) is 10.1 Å². The van der Waals surface area contributed by atoms with Crippen LogP contribution < -0.4 is 10.6 Å². The molecule has 160 valence electrons. The van der Waals surface area contributed by atoms with Crippen LogP contribution >= 0.6 is 0 Å². The predicted octanol–water partition coefficient (Wildman–Crippen LogP) is 3.96. The van der Waals surface area contributed by atoms with Gasteiger partial charge in [-0.15, -0.1) is 0 Å². The molecule has 3 aromatic carbocycles. The summed E-state index contributed by atoms with van der Waals surface area (Å²) in [6, 6.07) is 23.0. The molecular weight excluding hydrogens is 408 g/mol. The van der Waals surface area contributed by atoms with E-state index in [4.69, 9.17) is 0 Å². The average molecular weight is 428 g/mol. The molecule has 3 N–H and O–H groups in total. The van der Waals surface area contributed by atoms with Crippen molar-refractivity contribution >= 4 is 34.1 Å². The lowest BCUT2D eigenvalue weighted by molar-refractivity contribution is -0.384. The summed E-state index contributed by atoms with van der Waals surface area (Å²) in [6.07, 6.45) is 1.91. The summed E-state index contributed by atoms with van der Waals surface area (Å²) < 4.78 is 0. The Morgan fingerprint density at radius 3 is 2.47 bits per heavy atom. The number of fused-ring (bicyclic) bond motifs is 1. The Kier molecular flexibility index (Phi) is 5.94. The lowest BCUT2D eigenvalue weighted by atomic mass is 9.91. The van der Waals surface area contributed by atoms with Crippen molar-refractivity contribution in [1.29, 1.82) is 0 Å². The molecule has 8 nitrogen and oxygen atoms in total.